The van der Waals surface area contributed by atoms with Gasteiger partial charge in [-0.25, -0.2) is 8.42 Å². The van der Waals surface area contributed by atoms with Crippen LogP contribution in [0, 0.1) is 0 Å². The Balaban J connectivity index is 2.22. The summed E-state index contributed by atoms with van der Waals surface area (Å²) in [6.07, 6.45) is 0. The van der Waals surface area contributed by atoms with Gasteiger partial charge < -0.3 is 0 Å². The normalized spacial score (nSPS) is 40.9. The number of thioether (sulfide) groups is 2. The molecule has 2 nitrogen and oxygen atoms in total. The van der Waals surface area contributed by atoms with Crippen molar-refractivity contribution in [1.82, 2.24) is 0 Å². The van der Waals surface area contributed by atoms with Crippen molar-refractivity contribution < 1.29 is 8.42 Å². The van der Waals surface area contributed by atoms with E-state index < -0.39 is 9.84 Å². The van der Waals surface area contributed by atoms with Crippen LogP contribution in [0.5, 0.6) is 0 Å². The van der Waals surface area contributed by atoms with Crippen molar-refractivity contribution >= 4 is 49.1 Å². The first kappa shape index (κ1) is 8.34. The first-order valence-corrected chi connectivity index (χ1v) is 7.13. The molecule has 0 aromatic rings. The quantitative estimate of drug-likeness (QED) is 0.574. The van der Waals surface area contributed by atoms with Gasteiger partial charge in [0.05, 0.1) is 11.5 Å². The van der Waals surface area contributed by atoms with Gasteiger partial charge in [-0.05, 0) is 0 Å². The van der Waals surface area contributed by atoms with E-state index in [0.29, 0.717) is 11.5 Å². The lowest BCUT2D eigenvalue weighted by atomic mass is 10.4. The van der Waals surface area contributed by atoms with Gasteiger partial charge in [0.1, 0.15) is 3.53 Å². The Morgan fingerprint density at radius 2 is 1.73 bits per heavy atom. The average molecular weight is 226 g/mol. The summed E-state index contributed by atoms with van der Waals surface area (Å²) in [5.41, 5.74) is 0. The summed E-state index contributed by atoms with van der Waals surface area (Å²) >= 11 is 8.09. The molecule has 0 amide bonds. The van der Waals surface area contributed by atoms with E-state index in [0.717, 1.165) is 3.53 Å². The van der Waals surface area contributed by atoms with Crippen LogP contribution in [-0.2, 0) is 9.84 Å². The molecule has 2 aliphatic rings. The van der Waals surface area contributed by atoms with E-state index >= 15 is 0 Å². The number of fused-ring (bicyclic) bond motifs is 1. The highest BCUT2D eigenvalue weighted by atomic mass is 32.2. The van der Waals surface area contributed by atoms with Gasteiger partial charge in [0.15, 0.2) is 9.84 Å². The number of thiocarbonyl (C=S) groups is 1. The molecule has 2 atom stereocenters. The van der Waals surface area contributed by atoms with E-state index in [1.807, 2.05) is 0 Å². The highest BCUT2D eigenvalue weighted by Gasteiger charge is 2.43. The van der Waals surface area contributed by atoms with Crippen molar-refractivity contribution in [2.75, 3.05) is 11.5 Å². The van der Waals surface area contributed by atoms with Crippen LogP contribution in [0.4, 0.5) is 0 Å². The third-order valence-corrected chi connectivity index (χ3v) is 7.21. The monoisotopic (exact) mass is 226 g/mol. The van der Waals surface area contributed by atoms with Crippen molar-refractivity contribution in [3.05, 3.63) is 0 Å². The van der Waals surface area contributed by atoms with Gasteiger partial charge >= 0.3 is 0 Å². The molecule has 0 N–H and O–H groups in total. The number of sulfone groups is 1. The standard InChI is InChI=1S/C5H6O2S4/c6-11(7)1-3-4(2-11)10-5(8)9-3/h3-4H,1-2H2/t3-,4-/m1/s1. The molecule has 2 saturated heterocycles. The summed E-state index contributed by atoms with van der Waals surface area (Å²) in [5.74, 6) is 0.658. The molecular weight excluding hydrogens is 220 g/mol. The zero-order valence-electron chi connectivity index (χ0n) is 5.52. The largest absolute Gasteiger partial charge is 0.229 e. The van der Waals surface area contributed by atoms with Gasteiger partial charge in [-0.2, -0.15) is 0 Å². The van der Waals surface area contributed by atoms with Gasteiger partial charge in [-0.15, -0.1) is 23.5 Å². The van der Waals surface area contributed by atoms with Gasteiger partial charge in [-0.1, -0.05) is 12.2 Å². The molecule has 0 spiro atoms. The minimum absolute atomic E-state index is 0.248. The Labute approximate surface area is 79.4 Å². The summed E-state index contributed by atoms with van der Waals surface area (Å²) in [6.45, 7) is 0. The lowest BCUT2D eigenvalue weighted by Crippen LogP contribution is -2.10. The van der Waals surface area contributed by atoms with Crippen molar-refractivity contribution in [2.24, 2.45) is 0 Å². The van der Waals surface area contributed by atoms with Crippen molar-refractivity contribution in [3.63, 3.8) is 0 Å². The first-order chi connectivity index (χ1) is 5.07. The molecule has 62 valence electrons. The lowest BCUT2D eigenvalue weighted by Gasteiger charge is -1.98. The Hall–Kier alpha value is 0.740. The zero-order chi connectivity index (χ0) is 8.06. The molecule has 0 bridgehead atoms. The SMILES string of the molecule is O=S1(=O)C[C@H]2SC(=S)S[C@@H]2C1. The van der Waals surface area contributed by atoms with Crippen LogP contribution in [0.3, 0.4) is 0 Å². The molecule has 2 fully saturated rings. The zero-order valence-corrected chi connectivity index (χ0v) is 8.78. The van der Waals surface area contributed by atoms with Crippen LogP contribution in [-0.4, -0.2) is 34.0 Å². The second-order valence-corrected chi connectivity index (χ2v) is 8.48. The molecule has 0 radical (unpaired) electrons. The molecule has 6 heteroatoms. The molecule has 2 aliphatic heterocycles. The van der Waals surface area contributed by atoms with Crippen LogP contribution in [0.1, 0.15) is 0 Å². The van der Waals surface area contributed by atoms with Crippen molar-refractivity contribution in [3.8, 4) is 0 Å². The fraction of sp³-hybridized carbons (Fsp3) is 0.800. The van der Waals surface area contributed by atoms with E-state index in [4.69, 9.17) is 12.2 Å². The van der Waals surface area contributed by atoms with Gasteiger partial charge in [0.2, 0.25) is 0 Å². The molecule has 0 aliphatic carbocycles. The van der Waals surface area contributed by atoms with E-state index in [2.05, 4.69) is 0 Å². The molecule has 0 aromatic carbocycles. The van der Waals surface area contributed by atoms with E-state index in [9.17, 15) is 8.42 Å². The number of rotatable bonds is 0. The van der Waals surface area contributed by atoms with Crippen LogP contribution in [0.15, 0.2) is 0 Å². The predicted octanol–water partition coefficient (Wildman–Crippen LogP) is 0.917. The van der Waals surface area contributed by atoms with Gasteiger partial charge in [-0.3, -0.25) is 0 Å². The summed E-state index contributed by atoms with van der Waals surface area (Å²) < 4.78 is 23.1. The maximum absolute atomic E-state index is 11.1. The van der Waals surface area contributed by atoms with Crippen LogP contribution in [0.2, 0.25) is 0 Å². The molecule has 2 heterocycles. The molecule has 0 aromatic heterocycles. The lowest BCUT2D eigenvalue weighted by molar-refractivity contribution is 0.602. The molecule has 0 saturated carbocycles. The summed E-state index contributed by atoms with van der Waals surface area (Å²) in [7, 11) is -2.73. The maximum Gasteiger partial charge on any atom is 0.152 e. The van der Waals surface area contributed by atoms with E-state index in [1.54, 1.807) is 23.5 Å². The van der Waals surface area contributed by atoms with Gasteiger partial charge in [0, 0.05) is 10.5 Å². The second-order valence-electron chi connectivity index (χ2n) is 2.64. The maximum atomic E-state index is 11.1. The Kier molecular flexibility index (Phi) is 1.98. The van der Waals surface area contributed by atoms with Crippen molar-refractivity contribution in [1.29, 1.82) is 0 Å². The fourth-order valence-electron chi connectivity index (χ4n) is 1.28. The minimum Gasteiger partial charge on any atom is -0.229 e. The molecule has 0 unspecified atom stereocenters. The average Bonchev–Trinajstić information content (AvgIpc) is 2.17. The van der Waals surface area contributed by atoms with E-state index in [-0.39, 0.29) is 10.5 Å². The fourth-order valence-corrected chi connectivity index (χ4v) is 7.94. The second kappa shape index (κ2) is 2.61. The Morgan fingerprint density at radius 1 is 1.27 bits per heavy atom. The van der Waals surface area contributed by atoms with Crippen LogP contribution < -0.4 is 0 Å². The van der Waals surface area contributed by atoms with Crippen LogP contribution >= 0.6 is 35.7 Å². The first-order valence-electron chi connectivity index (χ1n) is 3.14. The van der Waals surface area contributed by atoms with Crippen molar-refractivity contribution in [2.45, 2.75) is 10.5 Å². The number of hydrogen-bond acceptors (Lipinski definition) is 5. The highest BCUT2D eigenvalue weighted by molar-refractivity contribution is 8.50. The summed E-state index contributed by atoms with van der Waals surface area (Å²) in [5, 5.41) is 0.495. The third-order valence-electron chi connectivity index (χ3n) is 1.75. The third kappa shape index (κ3) is 1.59. The molecule has 11 heavy (non-hydrogen) atoms. The summed E-state index contributed by atoms with van der Waals surface area (Å²) in [4.78, 5) is 0. The topological polar surface area (TPSA) is 34.1 Å². The van der Waals surface area contributed by atoms with Crippen LogP contribution in [0.25, 0.3) is 0 Å². The smallest absolute Gasteiger partial charge is 0.152 e. The highest BCUT2D eigenvalue weighted by Crippen LogP contribution is 2.44. The molecular formula is C5H6O2S4. The minimum atomic E-state index is -2.73. The Bertz CT molecular complexity index is 272. The summed E-state index contributed by atoms with van der Waals surface area (Å²) in [6, 6.07) is 0. The number of hydrogen-bond donors (Lipinski definition) is 0. The van der Waals surface area contributed by atoms with E-state index in [1.165, 1.54) is 0 Å². The Morgan fingerprint density at radius 3 is 2.18 bits per heavy atom. The predicted molar refractivity (Wildman–Crippen MR) is 54.0 cm³/mol. The molecule has 2 rings (SSSR count). The van der Waals surface area contributed by atoms with Gasteiger partial charge in [0.25, 0.3) is 0 Å².